The highest BCUT2D eigenvalue weighted by molar-refractivity contribution is 9.10. The van der Waals surface area contributed by atoms with E-state index in [-0.39, 0.29) is 0 Å². The number of anilines is 2. The number of thioether (sulfide) groups is 1. The van der Waals surface area contributed by atoms with Gasteiger partial charge in [0.1, 0.15) is 10.4 Å². The number of halogens is 1. The zero-order chi connectivity index (χ0) is 10.4. The zero-order valence-corrected chi connectivity index (χ0v) is 10.4. The van der Waals surface area contributed by atoms with Crippen molar-refractivity contribution < 1.29 is 0 Å². The second-order valence-corrected chi connectivity index (χ2v) is 4.51. The summed E-state index contributed by atoms with van der Waals surface area (Å²) in [6.07, 6.45) is 3.19. The molecule has 0 radical (unpaired) electrons. The van der Waals surface area contributed by atoms with E-state index >= 15 is 0 Å². The summed E-state index contributed by atoms with van der Waals surface area (Å²) in [4.78, 5) is 8.19. The Bertz CT molecular complexity index is 274. The minimum atomic E-state index is 0.472. The van der Waals surface area contributed by atoms with Crippen molar-refractivity contribution in [2.75, 3.05) is 29.6 Å². The molecule has 0 saturated carbocycles. The highest BCUT2D eigenvalue weighted by Crippen LogP contribution is 2.12. The van der Waals surface area contributed by atoms with Gasteiger partial charge in [-0.25, -0.2) is 4.98 Å². The summed E-state index contributed by atoms with van der Waals surface area (Å²) in [6, 6.07) is 1.67. The van der Waals surface area contributed by atoms with E-state index in [4.69, 9.17) is 5.73 Å². The van der Waals surface area contributed by atoms with Crippen LogP contribution in [0.25, 0.3) is 0 Å². The molecule has 3 N–H and O–H groups in total. The first-order chi connectivity index (χ1) is 6.72. The van der Waals surface area contributed by atoms with Crippen molar-refractivity contribution in [1.29, 1.82) is 0 Å². The number of nitrogens with zero attached hydrogens (tertiary/aromatic N) is 2. The molecule has 1 rings (SSSR count). The third kappa shape index (κ3) is 4.15. The van der Waals surface area contributed by atoms with Gasteiger partial charge in [-0.3, -0.25) is 0 Å². The van der Waals surface area contributed by atoms with Gasteiger partial charge in [-0.2, -0.15) is 16.7 Å². The normalized spacial score (nSPS) is 10.1. The number of nitrogens with one attached hydrogen (secondary N) is 1. The van der Waals surface area contributed by atoms with E-state index in [1.165, 1.54) is 0 Å². The van der Waals surface area contributed by atoms with Gasteiger partial charge in [-0.1, -0.05) is 0 Å². The molecule has 78 valence electrons. The largest absolute Gasteiger partial charge is 0.383 e. The van der Waals surface area contributed by atoms with Crippen LogP contribution in [0, 0.1) is 0 Å². The Morgan fingerprint density at radius 1 is 1.57 bits per heavy atom. The van der Waals surface area contributed by atoms with Crippen molar-refractivity contribution in [1.82, 2.24) is 9.97 Å². The SMILES string of the molecule is CSCCCNc1nc(N)cc(Br)n1. The Morgan fingerprint density at radius 3 is 3.00 bits per heavy atom. The Kier molecular flexibility index (Phi) is 5.03. The smallest absolute Gasteiger partial charge is 0.225 e. The van der Waals surface area contributed by atoms with Crippen LogP contribution in [0.5, 0.6) is 0 Å². The van der Waals surface area contributed by atoms with E-state index in [0.717, 1.165) is 18.7 Å². The molecule has 0 aliphatic carbocycles. The van der Waals surface area contributed by atoms with Crippen molar-refractivity contribution in [3.63, 3.8) is 0 Å². The first kappa shape index (κ1) is 11.6. The van der Waals surface area contributed by atoms with Gasteiger partial charge in [0.25, 0.3) is 0 Å². The molecule has 0 atom stereocenters. The Balaban J connectivity index is 2.42. The van der Waals surface area contributed by atoms with Crippen LogP contribution in [0.4, 0.5) is 11.8 Å². The topological polar surface area (TPSA) is 63.8 Å². The van der Waals surface area contributed by atoms with Gasteiger partial charge in [0.2, 0.25) is 5.95 Å². The van der Waals surface area contributed by atoms with Crippen LogP contribution < -0.4 is 11.1 Å². The predicted molar refractivity (Wildman–Crippen MR) is 65.6 cm³/mol. The van der Waals surface area contributed by atoms with E-state index in [1.807, 2.05) is 11.8 Å². The van der Waals surface area contributed by atoms with Crippen LogP contribution in [0.15, 0.2) is 10.7 Å². The van der Waals surface area contributed by atoms with E-state index in [1.54, 1.807) is 6.07 Å². The lowest BCUT2D eigenvalue weighted by molar-refractivity contribution is 0.961. The molecule has 1 aromatic heterocycles. The summed E-state index contributed by atoms with van der Waals surface area (Å²) in [5.41, 5.74) is 5.56. The summed E-state index contributed by atoms with van der Waals surface area (Å²) in [5, 5.41) is 3.12. The second-order valence-electron chi connectivity index (χ2n) is 2.71. The fraction of sp³-hybridized carbons (Fsp3) is 0.500. The molecular formula is C8H13BrN4S. The lowest BCUT2D eigenvalue weighted by atomic mass is 10.5. The molecule has 1 aromatic rings. The average Bonchev–Trinajstić information content (AvgIpc) is 2.11. The summed E-state index contributed by atoms with van der Waals surface area (Å²) < 4.78 is 0.706. The van der Waals surface area contributed by atoms with Crippen LogP contribution in [-0.2, 0) is 0 Å². The molecule has 0 saturated heterocycles. The van der Waals surface area contributed by atoms with E-state index in [2.05, 4.69) is 37.5 Å². The second kappa shape index (κ2) is 6.08. The van der Waals surface area contributed by atoms with E-state index in [9.17, 15) is 0 Å². The van der Waals surface area contributed by atoms with Crippen LogP contribution in [-0.4, -0.2) is 28.5 Å². The third-order valence-electron chi connectivity index (χ3n) is 1.52. The van der Waals surface area contributed by atoms with Gasteiger partial charge in [-0.15, -0.1) is 0 Å². The minimum Gasteiger partial charge on any atom is -0.383 e. The molecule has 0 unspecified atom stereocenters. The summed E-state index contributed by atoms with van der Waals surface area (Å²) in [5.74, 6) is 2.19. The van der Waals surface area contributed by atoms with Gasteiger partial charge in [0.05, 0.1) is 0 Å². The number of nitrogen functional groups attached to an aromatic ring is 1. The number of hydrogen-bond donors (Lipinski definition) is 2. The Morgan fingerprint density at radius 2 is 2.36 bits per heavy atom. The van der Waals surface area contributed by atoms with Crippen LogP contribution in [0.2, 0.25) is 0 Å². The van der Waals surface area contributed by atoms with Gasteiger partial charge in [-0.05, 0) is 34.4 Å². The minimum absolute atomic E-state index is 0.472. The first-order valence-corrected chi connectivity index (χ1v) is 6.44. The number of nitrogens with two attached hydrogens (primary N) is 1. The summed E-state index contributed by atoms with van der Waals surface area (Å²) in [6.45, 7) is 0.872. The molecule has 0 bridgehead atoms. The summed E-state index contributed by atoms with van der Waals surface area (Å²) >= 11 is 5.09. The van der Waals surface area contributed by atoms with Crippen molar-refractivity contribution in [2.45, 2.75) is 6.42 Å². The first-order valence-electron chi connectivity index (χ1n) is 4.25. The molecule has 0 fully saturated rings. The molecular weight excluding hydrogens is 264 g/mol. The number of aromatic nitrogens is 2. The average molecular weight is 277 g/mol. The van der Waals surface area contributed by atoms with Gasteiger partial charge >= 0.3 is 0 Å². The molecule has 0 spiro atoms. The molecule has 0 amide bonds. The van der Waals surface area contributed by atoms with Gasteiger partial charge in [0.15, 0.2) is 0 Å². The summed E-state index contributed by atoms with van der Waals surface area (Å²) in [7, 11) is 0. The Hall–Kier alpha value is -0.490. The highest BCUT2D eigenvalue weighted by atomic mass is 79.9. The number of rotatable bonds is 5. The molecule has 0 aromatic carbocycles. The van der Waals surface area contributed by atoms with Crippen molar-refractivity contribution in [2.24, 2.45) is 0 Å². The van der Waals surface area contributed by atoms with Crippen LogP contribution >= 0.6 is 27.7 Å². The van der Waals surface area contributed by atoms with Crippen LogP contribution in [0.3, 0.4) is 0 Å². The maximum absolute atomic E-state index is 5.56. The predicted octanol–water partition coefficient (Wildman–Crippen LogP) is 1.99. The fourth-order valence-corrected chi connectivity index (χ4v) is 1.77. The third-order valence-corrected chi connectivity index (χ3v) is 2.63. The van der Waals surface area contributed by atoms with Crippen molar-refractivity contribution >= 4 is 39.5 Å². The van der Waals surface area contributed by atoms with Gasteiger partial charge < -0.3 is 11.1 Å². The van der Waals surface area contributed by atoms with E-state index < -0.39 is 0 Å². The highest BCUT2D eigenvalue weighted by Gasteiger charge is 1.98. The van der Waals surface area contributed by atoms with E-state index in [0.29, 0.717) is 16.4 Å². The molecule has 0 aliphatic heterocycles. The van der Waals surface area contributed by atoms with Crippen molar-refractivity contribution in [3.8, 4) is 0 Å². The molecule has 1 heterocycles. The molecule has 14 heavy (non-hydrogen) atoms. The molecule has 4 nitrogen and oxygen atoms in total. The zero-order valence-electron chi connectivity index (χ0n) is 7.96. The van der Waals surface area contributed by atoms with Crippen LogP contribution in [0.1, 0.15) is 6.42 Å². The maximum atomic E-state index is 5.56. The Labute approximate surface area is 96.2 Å². The molecule has 0 aliphatic rings. The lowest BCUT2D eigenvalue weighted by Crippen LogP contribution is -2.07. The lowest BCUT2D eigenvalue weighted by Gasteiger charge is -2.04. The monoisotopic (exact) mass is 276 g/mol. The van der Waals surface area contributed by atoms with Crippen molar-refractivity contribution in [3.05, 3.63) is 10.7 Å². The fourth-order valence-electron chi connectivity index (χ4n) is 0.931. The number of hydrogen-bond acceptors (Lipinski definition) is 5. The standard InChI is InChI=1S/C8H13BrN4S/c1-14-4-2-3-11-8-12-6(9)5-7(10)13-8/h5H,2-4H2,1H3,(H3,10,11,12,13). The molecule has 6 heteroatoms. The maximum Gasteiger partial charge on any atom is 0.225 e. The van der Waals surface area contributed by atoms with Gasteiger partial charge in [0, 0.05) is 12.6 Å². The quantitative estimate of drug-likeness (QED) is 0.636.